The summed E-state index contributed by atoms with van der Waals surface area (Å²) >= 11 is 0. The van der Waals surface area contributed by atoms with E-state index < -0.39 is 6.36 Å². The van der Waals surface area contributed by atoms with Crippen molar-refractivity contribution < 1.29 is 22.3 Å². The van der Waals surface area contributed by atoms with E-state index in [1.165, 1.54) is 12.1 Å². The molecule has 0 aliphatic heterocycles. The Balaban J connectivity index is 2.03. The number of alkyl halides is 3. The van der Waals surface area contributed by atoms with Gasteiger partial charge in [-0.25, -0.2) is 0 Å². The zero-order valence-corrected chi connectivity index (χ0v) is 10.8. The average molecular weight is 285 g/mol. The molecule has 0 fully saturated rings. The van der Waals surface area contributed by atoms with Gasteiger partial charge in [0, 0.05) is 11.6 Å². The van der Waals surface area contributed by atoms with Gasteiger partial charge >= 0.3 is 6.36 Å². The molecule has 0 aliphatic rings. The number of furan rings is 1. The van der Waals surface area contributed by atoms with E-state index in [2.05, 4.69) is 10.1 Å². The maximum absolute atomic E-state index is 12.0. The van der Waals surface area contributed by atoms with Crippen LogP contribution in [0.2, 0.25) is 0 Å². The van der Waals surface area contributed by atoms with Crippen LogP contribution in [0.4, 0.5) is 13.2 Å². The van der Waals surface area contributed by atoms with Crippen molar-refractivity contribution in [2.45, 2.75) is 18.8 Å². The molecule has 0 aliphatic carbocycles. The standard InChI is InChI=1S/C14H14F3NO2/c1-18-13(11-6-7-19-9-11)8-10-2-4-12(5-3-10)20-14(15,16)17/h2-7,9,13,18H,8H2,1H3. The van der Waals surface area contributed by atoms with Crippen LogP contribution in [-0.4, -0.2) is 13.4 Å². The van der Waals surface area contributed by atoms with Crippen LogP contribution in [-0.2, 0) is 6.42 Å². The molecule has 20 heavy (non-hydrogen) atoms. The Morgan fingerprint density at radius 3 is 2.40 bits per heavy atom. The maximum atomic E-state index is 12.0. The number of halogens is 3. The van der Waals surface area contributed by atoms with Gasteiger partial charge in [-0.1, -0.05) is 12.1 Å². The third-order valence-corrected chi connectivity index (χ3v) is 2.89. The molecule has 0 saturated heterocycles. The lowest BCUT2D eigenvalue weighted by Crippen LogP contribution is -2.18. The van der Waals surface area contributed by atoms with Crippen molar-refractivity contribution >= 4 is 0 Å². The van der Waals surface area contributed by atoms with Crippen LogP contribution in [0.25, 0.3) is 0 Å². The molecule has 1 unspecified atom stereocenters. The highest BCUT2D eigenvalue weighted by Gasteiger charge is 2.30. The summed E-state index contributed by atoms with van der Waals surface area (Å²) in [6.45, 7) is 0. The summed E-state index contributed by atoms with van der Waals surface area (Å²) in [7, 11) is 1.82. The second-order valence-electron chi connectivity index (χ2n) is 4.29. The minimum absolute atomic E-state index is 0.0446. The maximum Gasteiger partial charge on any atom is 0.573 e. The molecular weight excluding hydrogens is 271 g/mol. The van der Waals surface area contributed by atoms with Gasteiger partial charge in [-0.05, 0) is 37.2 Å². The summed E-state index contributed by atoms with van der Waals surface area (Å²) in [4.78, 5) is 0. The molecule has 1 atom stereocenters. The van der Waals surface area contributed by atoms with Crippen LogP contribution < -0.4 is 10.1 Å². The van der Waals surface area contributed by atoms with Gasteiger partial charge in [-0.2, -0.15) is 0 Å². The minimum Gasteiger partial charge on any atom is -0.472 e. The Kier molecular flexibility index (Phi) is 4.34. The van der Waals surface area contributed by atoms with Crippen LogP contribution in [0.5, 0.6) is 5.75 Å². The van der Waals surface area contributed by atoms with Gasteiger partial charge in [-0.15, -0.1) is 13.2 Å². The molecule has 0 radical (unpaired) electrons. The zero-order chi connectivity index (χ0) is 14.6. The summed E-state index contributed by atoms with van der Waals surface area (Å²) in [6, 6.07) is 7.75. The molecule has 0 spiro atoms. The first-order valence-electron chi connectivity index (χ1n) is 6.02. The largest absolute Gasteiger partial charge is 0.573 e. The lowest BCUT2D eigenvalue weighted by Gasteiger charge is -2.15. The summed E-state index contributed by atoms with van der Waals surface area (Å²) in [6.07, 6.45) is -0.795. The number of rotatable bonds is 5. The summed E-state index contributed by atoms with van der Waals surface area (Å²) in [5.74, 6) is -0.217. The van der Waals surface area contributed by atoms with Crippen LogP contribution in [0.1, 0.15) is 17.2 Å². The van der Waals surface area contributed by atoms with Gasteiger partial charge in [0.1, 0.15) is 5.75 Å². The fourth-order valence-corrected chi connectivity index (χ4v) is 1.92. The molecule has 2 aromatic rings. The lowest BCUT2D eigenvalue weighted by molar-refractivity contribution is -0.274. The molecule has 1 aromatic carbocycles. The van der Waals surface area contributed by atoms with E-state index in [0.717, 1.165) is 11.1 Å². The number of hydrogen-bond donors (Lipinski definition) is 1. The van der Waals surface area contributed by atoms with Gasteiger partial charge in [0.15, 0.2) is 0 Å². The molecule has 0 bridgehead atoms. The molecular formula is C14H14F3NO2. The number of ether oxygens (including phenoxy) is 1. The van der Waals surface area contributed by atoms with Gasteiger partial charge in [0.2, 0.25) is 0 Å². The first-order chi connectivity index (χ1) is 9.48. The lowest BCUT2D eigenvalue weighted by atomic mass is 10.0. The number of nitrogens with one attached hydrogen (secondary N) is 1. The van der Waals surface area contributed by atoms with E-state index in [4.69, 9.17) is 4.42 Å². The van der Waals surface area contributed by atoms with Crippen molar-refractivity contribution in [3.8, 4) is 5.75 Å². The Morgan fingerprint density at radius 2 is 1.90 bits per heavy atom. The summed E-state index contributed by atoms with van der Waals surface area (Å²) in [5, 5.41) is 3.13. The predicted molar refractivity (Wildman–Crippen MR) is 67.3 cm³/mol. The highest BCUT2D eigenvalue weighted by Crippen LogP contribution is 2.24. The fourth-order valence-electron chi connectivity index (χ4n) is 1.92. The first kappa shape index (κ1) is 14.5. The highest BCUT2D eigenvalue weighted by atomic mass is 19.4. The topological polar surface area (TPSA) is 34.4 Å². The van der Waals surface area contributed by atoms with Crippen molar-refractivity contribution in [3.63, 3.8) is 0 Å². The monoisotopic (exact) mass is 285 g/mol. The summed E-state index contributed by atoms with van der Waals surface area (Å²) in [5.41, 5.74) is 1.89. The third-order valence-electron chi connectivity index (χ3n) is 2.89. The van der Waals surface area contributed by atoms with E-state index in [1.807, 2.05) is 13.1 Å². The minimum atomic E-state index is -4.66. The SMILES string of the molecule is CNC(Cc1ccc(OC(F)(F)F)cc1)c1ccoc1. The van der Waals surface area contributed by atoms with Crippen molar-refractivity contribution in [2.24, 2.45) is 0 Å². The Bertz CT molecular complexity index is 520. The molecule has 1 aromatic heterocycles. The first-order valence-corrected chi connectivity index (χ1v) is 6.02. The van der Waals surface area contributed by atoms with E-state index >= 15 is 0 Å². The highest BCUT2D eigenvalue weighted by molar-refractivity contribution is 5.29. The molecule has 0 saturated carbocycles. The van der Waals surface area contributed by atoms with E-state index in [-0.39, 0.29) is 11.8 Å². The van der Waals surface area contributed by atoms with Crippen molar-refractivity contribution in [2.75, 3.05) is 7.05 Å². The van der Waals surface area contributed by atoms with Crippen molar-refractivity contribution in [1.82, 2.24) is 5.32 Å². The quantitative estimate of drug-likeness (QED) is 0.910. The van der Waals surface area contributed by atoms with Gasteiger partial charge in [0.25, 0.3) is 0 Å². The molecule has 108 valence electrons. The molecule has 3 nitrogen and oxygen atoms in total. The molecule has 6 heteroatoms. The van der Waals surface area contributed by atoms with E-state index in [0.29, 0.717) is 6.42 Å². The Hall–Kier alpha value is -1.95. The van der Waals surface area contributed by atoms with E-state index in [1.54, 1.807) is 24.7 Å². The molecule has 2 rings (SSSR count). The number of hydrogen-bond acceptors (Lipinski definition) is 3. The van der Waals surface area contributed by atoms with Gasteiger partial charge in [0.05, 0.1) is 12.5 Å². The normalized spacial score (nSPS) is 13.2. The van der Waals surface area contributed by atoms with Gasteiger partial charge in [-0.3, -0.25) is 0 Å². The second kappa shape index (κ2) is 6.00. The zero-order valence-electron chi connectivity index (χ0n) is 10.8. The van der Waals surface area contributed by atoms with E-state index in [9.17, 15) is 13.2 Å². The second-order valence-corrected chi connectivity index (χ2v) is 4.29. The average Bonchev–Trinajstić information content (AvgIpc) is 2.90. The Labute approximate surface area is 114 Å². The predicted octanol–water partition coefficient (Wildman–Crippen LogP) is 3.68. The van der Waals surface area contributed by atoms with Crippen molar-refractivity contribution in [1.29, 1.82) is 0 Å². The van der Waals surface area contributed by atoms with Crippen LogP contribution >= 0.6 is 0 Å². The van der Waals surface area contributed by atoms with Crippen LogP contribution in [0, 0.1) is 0 Å². The van der Waals surface area contributed by atoms with Crippen molar-refractivity contribution in [3.05, 3.63) is 54.0 Å². The molecule has 1 heterocycles. The van der Waals surface area contributed by atoms with Gasteiger partial charge < -0.3 is 14.5 Å². The molecule has 1 N–H and O–H groups in total. The summed E-state index contributed by atoms with van der Waals surface area (Å²) < 4.78 is 45.0. The Morgan fingerprint density at radius 1 is 1.20 bits per heavy atom. The van der Waals surface area contributed by atoms with Crippen LogP contribution in [0.3, 0.4) is 0 Å². The molecule has 0 amide bonds. The third kappa shape index (κ3) is 4.03. The number of likely N-dealkylation sites (N-methyl/N-ethyl adjacent to an activating group) is 1. The number of benzene rings is 1. The smallest absolute Gasteiger partial charge is 0.472 e. The fraction of sp³-hybridized carbons (Fsp3) is 0.286. The van der Waals surface area contributed by atoms with Crippen LogP contribution in [0.15, 0.2) is 47.3 Å².